The molecule has 8 heteroatoms. The lowest BCUT2D eigenvalue weighted by atomic mass is 9.89. The van der Waals surface area contributed by atoms with Crippen LogP contribution in [-0.4, -0.2) is 86.5 Å². The molecule has 3 aliphatic rings. The molecule has 0 radical (unpaired) electrons. The number of carbonyl (C=O) groups is 1. The van der Waals surface area contributed by atoms with Crippen LogP contribution in [0.1, 0.15) is 56.3 Å². The molecule has 1 aliphatic carbocycles. The van der Waals surface area contributed by atoms with Crippen LogP contribution < -0.4 is 0 Å². The number of ether oxygens (including phenoxy) is 1. The molecule has 2 aliphatic heterocycles. The van der Waals surface area contributed by atoms with E-state index in [1.807, 2.05) is 18.7 Å². The van der Waals surface area contributed by atoms with Crippen molar-refractivity contribution in [1.82, 2.24) is 14.1 Å². The molecule has 7 nitrogen and oxygen atoms in total. The Hall–Kier alpha value is -1.48. The van der Waals surface area contributed by atoms with Gasteiger partial charge in [-0.3, -0.25) is 9.69 Å². The molecule has 1 saturated carbocycles. The van der Waals surface area contributed by atoms with Gasteiger partial charge in [0.25, 0.3) is 5.91 Å². The SMILES string of the molecule is CC1CN(S(=O)(=O)c2ccc(C(=O)N3CCN(CC4CCCCC4)CC3)cc2)CC(C)O1. The number of hydrogen-bond donors (Lipinski definition) is 0. The first kappa shape index (κ1) is 23.7. The summed E-state index contributed by atoms with van der Waals surface area (Å²) in [5.41, 5.74) is 0.549. The fourth-order valence-corrected chi connectivity index (χ4v) is 6.89. The van der Waals surface area contributed by atoms with E-state index >= 15 is 0 Å². The summed E-state index contributed by atoms with van der Waals surface area (Å²) in [5.74, 6) is 0.804. The fourth-order valence-electron chi connectivity index (χ4n) is 5.30. The van der Waals surface area contributed by atoms with Gasteiger partial charge in [0.05, 0.1) is 17.1 Å². The Bertz CT molecular complexity index is 865. The molecule has 32 heavy (non-hydrogen) atoms. The molecule has 0 bridgehead atoms. The number of rotatable bonds is 5. The maximum absolute atomic E-state index is 13.0. The van der Waals surface area contributed by atoms with E-state index in [-0.39, 0.29) is 23.0 Å². The lowest BCUT2D eigenvalue weighted by molar-refractivity contribution is -0.0440. The summed E-state index contributed by atoms with van der Waals surface area (Å²) in [5, 5.41) is 0. The topological polar surface area (TPSA) is 70.2 Å². The standard InChI is InChI=1S/C24H37N3O4S/c1-19-16-27(17-20(2)31-19)32(29,30)23-10-8-22(9-11-23)24(28)26-14-12-25(13-15-26)18-21-6-4-3-5-7-21/h8-11,19-21H,3-7,12-18H2,1-2H3. The van der Waals surface area contributed by atoms with Gasteiger partial charge in [-0.1, -0.05) is 19.3 Å². The highest BCUT2D eigenvalue weighted by Gasteiger charge is 2.32. The molecule has 2 unspecified atom stereocenters. The second-order valence-corrected chi connectivity index (χ2v) is 11.6. The van der Waals surface area contributed by atoms with Gasteiger partial charge < -0.3 is 9.64 Å². The number of piperazine rings is 1. The Kier molecular flexibility index (Phi) is 7.54. The largest absolute Gasteiger partial charge is 0.373 e. The van der Waals surface area contributed by atoms with Crippen molar-refractivity contribution in [1.29, 1.82) is 0 Å². The van der Waals surface area contributed by atoms with E-state index in [0.717, 1.165) is 38.6 Å². The number of hydrogen-bond acceptors (Lipinski definition) is 5. The van der Waals surface area contributed by atoms with Gasteiger partial charge in [-0.15, -0.1) is 0 Å². The Labute approximate surface area is 192 Å². The summed E-state index contributed by atoms with van der Waals surface area (Å²) < 4.78 is 33.2. The monoisotopic (exact) mass is 463 g/mol. The van der Waals surface area contributed by atoms with Crippen LogP contribution in [0.4, 0.5) is 0 Å². The van der Waals surface area contributed by atoms with Crippen molar-refractivity contribution in [2.75, 3.05) is 45.8 Å². The lowest BCUT2D eigenvalue weighted by Gasteiger charge is -2.37. The summed E-state index contributed by atoms with van der Waals surface area (Å²) in [6.07, 6.45) is 6.52. The van der Waals surface area contributed by atoms with E-state index in [1.54, 1.807) is 24.3 Å². The van der Waals surface area contributed by atoms with Gasteiger partial charge in [0.1, 0.15) is 0 Å². The predicted octanol–water partition coefficient (Wildman–Crippen LogP) is 2.82. The molecule has 2 atom stereocenters. The minimum absolute atomic E-state index is 0.0140. The number of carbonyl (C=O) groups excluding carboxylic acids is 1. The van der Waals surface area contributed by atoms with Crippen molar-refractivity contribution in [2.24, 2.45) is 5.92 Å². The zero-order valence-corrected chi connectivity index (χ0v) is 20.2. The number of nitrogens with zero attached hydrogens (tertiary/aromatic N) is 3. The average molecular weight is 464 g/mol. The van der Waals surface area contributed by atoms with Crippen LogP contribution in [0.2, 0.25) is 0 Å². The van der Waals surface area contributed by atoms with Crippen molar-refractivity contribution < 1.29 is 17.9 Å². The third-order valence-corrected chi connectivity index (χ3v) is 8.87. The molecular formula is C24H37N3O4S. The molecule has 3 fully saturated rings. The first-order valence-corrected chi connectivity index (χ1v) is 13.5. The fraction of sp³-hybridized carbons (Fsp3) is 0.708. The Morgan fingerprint density at radius 3 is 2.12 bits per heavy atom. The Balaban J connectivity index is 1.33. The van der Waals surface area contributed by atoms with Crippen LogP contribution in [-0.2, 0) is 14.8 Å². The van der Waals surface area contributed by atoms with Gasteiger partial charge in [0, 0.05) is 51.4 Å². The molecule has 1 amide bonds. The zero-order chi connectivity index (χ0) is 22.7. The lowest BCUT2D eigenvalue weighted by Crippen LogP contribution is -2.49. The third-order valence-electron chi connectivity index (χ3n) is 7.03. The van der Waals surface area contributed by atoms with E-state index in [9.17, 15) is 13.2 Å². The van der Waals surface area contributed by atoms with E-state index < -0.39 is 10.0 Å². The maximum atomic E-state index is 13.0. The highest BCUT2D eigenvalue weighted by Crippen LogP contribution is 2.25. The molecule has 0 N–H and O–H groups in total. The van der Waals surface area contributed by atoms with Gasteiger partial charge in [-0.25, -0.2) is 8.42 Å². The number of amides is 1. The van der Waals surface area contributed by atoms with Crippen LogP contribution >= 0.6 is 0 Å². The quantitative estimate of drug-likeness (QED) is 0.672. The average Bonchev–Trinajstić information content (AvgIpc) is 2.79. The van der Waals surface area contributed by atoms with E-state index in [2.05, 4.69) is 4.90 Å². The van der Waals surface area contributed by atoms with Gasteiger partial charge in [-0.2, -0.15) is 4.31 Å². The smallest absolute Gasteiger partial charge is 0.253 e. The van der Waals surface area contributed by atoms with Crippen molar-refractivity contribution in [3.63, 3.8) is 0 Å². The minimum Gasteiger partial charge on any atom is -0.373 e. The zero-order valence-electron chi connectivity index (χ0n) is 19.4. The molecule has 0 aromatic heterocycles. The second-order valence-electron chi connectivity index (χ2n) is 9.70. The maximum Gasteiger partial charge on any atom is 0.253 e. The molecular weight excluding hydrogens is 426 g/mol. The Morgan fingerprint density at radius 1 is 0.938 bits per heavy atom. The number of benzene rings is 1. The van der Waals surface area contributed by atoms with Crippen LogP contribution in [0.25, 0.3) is 0 Å². The molecule has 0 spiro atoms. The highest BCUT2D eigenvalue weighted by molar-refractivity contribution is 7.89. The van der Waals surface area contributed by atoms with E-state index in [4.69, 9.17) is 4.74 Å². The van der Waals surface area contributed by atoms with E-state index in [0.29, 0.717) is 18.7 Å². The first-order chi connectivity index (χ1) is 15.3. The second kappa shape index (κ2) is 10.2. The summed E-state index contributed by atoms with van der Waals surface area (Å²) in [6, 6.07) is 6.42. The van der Waals surface area contributed by atoms with Crippen LogP contribution in [0.3, 0.4) is 0 Å². The van der Waals surface area contributed by atoms with Crippen LogP contribution in [0, 0.1) is 5.92 Å². The third kappa shape index (κ3) is 5.53. The molecule has 2 heterocycles. The molecule has 4 rings (SSSR count). The number of morpholine rings is 1. The van der Waals surface area contributed by atoms with Gasteiger partial charge >= 0.3 is 0 Å². The van der Waals surface area contributed by atoms with Gasteiger partial charge in [0.15, 0.2) is 0 Å². The molecule has 2 saturated heterocycles. The Morgan fingerprint density at radius 2 is 1.53 bits per heavy atom. The minimum atomic E-state index is -3.59. The summed E-state index contributed by atoms with van der Waals surface area (Å²) in [7, 11) is -3.59. The highest BCUT2D eigenvalue weighted by atomic mass is 32.2. The summed E-state index contributed by atoms with van der Waals surface area (Å²) >= 11 is 0. The van der Waals surface area contributed by atoms with Gasteiger partial charge in [-0.05, 0) is 56.9 Å². The normalized spacial score (nSPS) is 26.9. The van der Waals surface area contributed by atoms with Crippen molar-refractivity contribution in [3.05, 3.63) is 29.8 Å². The molecule has 1 aromatic carbocycles. The molecule has 1 aromatic rings. The molecule has 178 valence electrons. The van der Waals surface area contributed by atoms with E-state index in [1.165, 1.54) is 36.4 Å². The van der Waals surface area contributed by atoms with Crippen molar-refractivity contribution in [2.45, 2.75) is 63.1 Å². The number of sulfonamides is 1. The summed E-state index contributed by atoms with van der Waals surface area (Å²) in [6.45, 7) is 8.92. The van der Waals surface area contributed by atoms with Gasteiger partial charge in [0.2, 0.25) is 10.0 Å². The van der Waals surface area contributed by atoms with Crippen molar-refractivity contribution in [3.8, 4) is 0 Å². The first-order valence-electron chi connectivity index (χ1n) is 12.1. The summed E-state index contributed by atoms with van der Waals surface area (Å²) in [4.78, 5) is 17.6. The van der Waals surface area contributed by atoms with Crippen LogP contribution in [0.15, 0.2) is 29.2 Å². The van der Waals surface area contributed by atoms with Crippen LogP contribution in [0.5, 0.6) is 0 Å². The van der Waals surface area contributed by atoms with Crippen molar-refractivity contribution >= 4 is 15.9 Å². The predicted molar refractivity (Wildman–Crippen MR) is 124 cm³/mol.